The highest BCUT2D eigenvalue weighted by Crippen LogP contribution is 2.35. The van der Waals surface area contributed by atoms with E-state index in [9.17, 15) is 35.9 Å². The number of halogens is 6. The van der Waals surface area contributed by atoms with E-state index in [1.54, 1.807) is 0 Å². The molecule has 8 N–H and O–H groups in total. The molecule has 0 aromatic heterocycles. The minimum absolute atomic E-state index is 0.198. The summed E-state index contributed by atoms with van der Waals surface area (Å²) in [7, 11) is 3.65. The van der Waals surface area contributed by atoms with Crippen molar-refractivity contribution in [1.82, 2.24) is 0 Å². The monoisotopic (exact) mass is 688 g/mol. The molecule has 2 aliphatic rings. The first kappa shape index (κ1) is 42.1. The first-order valence-corrected chi connectivity index (χ1v) is 16.5. The van der Waals surface area contributed by atoms with Crippen LogP contribution in [0.5, 0.6) is 0 Å². The van der Waals surface area contributed by atoms with E-state index >= 15 is 0 Å². The standard InChI is InChI=1S/C22H40N2O4S2.2C2HF3O2/c23-19(9-15-1-5-17(6-2-15)11-21(25)26)13-29-30-14-20(24)10-16-3-7-18(8-4-16)12-22(27)28;2*3-2(4,5)1(6)7/h15-20H,1-14,23-24H2,(H,25,26)(H,27,28);2*(H,6,7). The minimum atomic E-state index is -5.08. The average Bonchev–Trinajstić information content (AvgIpc) is 2.88. The smallest absolute Gasteiger partial charge is 0.481 e. The zero-order valence-electron chi connectivity index (χ0n) is 24.0. The van der Waals surface area contributed by atoms with E-state index in [1.165, 1.54) is 0 Å². The Bertz CT molecular complexity index is 812. The van der Waals surface area contributed by atoms with Crippen molar-refractivity contribution < 1.29 is 65.9 Å². The summed E-state index contributed by atoms with van der Waals surface area (Å²) in [5.41, 5.74) is 12.7. The molecule has 0 amide bonds. The maximum absolute atomic E-state index is 10.8. The number of rotatable bonds is 13. The summed E-state index contributed by atoms with van der Waals surface area (Å²) < 4.78 is 63.5. The highest BCUT2D eigenvalue weighted by Gasteiger charge is 2.39. The molecule has 2 atom stereocenters. The zero-order chi connectivity index (χ0) is 34.1. The molecular formula is C26H42F6N2O8S2. The fourth-order valence-corrected chi connectivity index (χ4v) is 7.54. The van der Waals surface area contributed by atoms with Gasteiger partial charge in [0.25, 0.3) is 0 Å². The van der Waals surface area contributed by atoms with E-state index in [4.69, 9.17) is 41.5 Å². The average molecular weight is 689 g/mol. The summed E-state index contributed by atoms with van der Waals surface area (Å²) >= 11 is 0. The van der Waals surface area contributed by atoms with Gasteiger partial charge in [-0.25, -0.2) is 9.59 Å². The van der Waals surface area contributed by atoms with Gasteiger partial charge in [0.2, 0.25) is 0 Å². The minimum Gasteiger partial charge on any atom is -0.481 e. The molecule has 2 fully saturated rings. The first-order valence-electron chi connectivity index (χ1n) is 14.0. The van der Waals surface area contributed by atoms with Gasteiger partial charge in [0.1, 0.15) is 0 Å². The third-order valence-corrected chi connectivity index (χ3v) is 9.88. The van der Waals surface area contributed by atoms with Crippen LogP contribution in [0.2, 0.25) is 0 Å². The molecule has 0 bridgehead atoms. The molecule has 0 radical (unpaired) electrons. The maximum atomic E-state index is 10.8. The Morgan fingerprint density at radius 3 is 1.00 bits per heavy atom. The number of carboxylic acid groups (broad SMARTS) is 4. The molecule has 2 aliphatic carbocycles. The van der Waals surface area contributed by atoms with Gasteiger partial charge in [0, 0.05) is 36.4 Å². The summed E-state index contributed by atoms with van der Waals surface area (Å²) in [5.74, 6) is -2.98. The number of hydrogen-bond donors (Lipinski definition) is 6. The van der Waals surface area contributed by atoms with Gasteiger partial charge in [-0.2, -0.15) is 26.3 Å². The lowest BCUT2D eigenvalue weighted by molar-refractivity contribution is -0.193. The zero-order valence-corrected chi connectivity index (χ0v) is 25.7. The van der Waals surface area contributed by atoms with Crippen molar-refractivity contribution in [2.75, 3.05) is 11.5 Å². The number of carboxylic acids is 4. The van der Waals surface area contributed by atoms with Gasteiger partial charge in [0.15, 0.2) is 0 Å². The topological polar surface area (TPSA) is 201 Å². The van der Waals surface area contributed by atoms with Crippen LogP contribution in [0.3, 0.4) is 0 Å². The third-order valence-electron chi connectivity index (χ3n) is 7.26. The van der Waals surface area contributed by atoms with E-state index in [0.717, 1.165) is 75.7 Å². The Labute approximate surface area is 259 Å². The Kier molecular flexibility index (Phi) is 20.1. The molecular weight excluding hydrogens is 646 g/mol. The summed E-state index contributed by atoms with van der Waals surface area (Å²) in [6, 6.07) is 0.397. The number of nitrogens with two attached hydrogens (primary N) is 2. The van der Waals surface area contributed by atoms with E-state index < -0.39 is 36.2 Å². The lowest BCUT2D eigenvalue weighted by atomic mass is 9.78. The van der Waals surface area contributed by atoms with Gasteiger partial charge >= 0.3 is 36.2 Å². The lowest BCUT2D eigenvalue weighted by Gasteiger charge is -2.29. The molecule has 2 unspecified atom stereocenters. The van der Waals surface area contributed by atoms with E-state index in [-0.39, 0.29) is 12.1 Å². The number of carbonyl (C=O) groups is 4. The van der Waals surface area contributed by atoms with Gasteiger partial charge in [0.05, 0.1) is 0 Å². The molecule has 258 valence electrons. The number of hydrogen-bond acceptors (Lipinski definition) is 8. The van der Waals surface area contributed by atoms with Crippen LogP contribution in [0, 0.1) is 23.7 Å². The van der Waals surface area contributed by atoms with Crippen LogP contribution >= 0.6 is 21.6 Å². The van der Waals surface area contributed by atoms with Gasteiger partial charge in [-0.1, -0.05) is 47.3 Å². The second-order valence-corrected chi connectivity index (χ2v) is 13.7. The molecule has 0 aliphatic heterocycles. The third kappa shape index (κ3) is 21.7. The molecule has 0 aromatic rings. The largest absolute Gasteiger partial charge is 0.490 e. The second kappa shape index (κ2) is 21.0. The molecule has 2 saturated carbocycles. The van der Waals surface area contributed by atoms with E-state index in [2.05, 4.69) is 0 Å². The molecule has 0 aromatic carbocycles. The fourth-order valence-electron chi connectivity index (χ4n) is 5.10. The maximum Gasteiger partial charge on any atom is 0.490 e. The molecule has 2 rings (SSSR count). The Balaban J connectivity index is 0.00000109. The number of aliphatic carboxylic acids is 4. The van der Waals surface area contributed by atoms with Gasteiger partial charge in [-0.05, 0) is 62.2 Å². The van der Waals surface area contributed by atoms with Gasteiger partial charge in [-0.15, -0.1) is 0 Å². The lowest BCUT2D eigenvalue weighted by Crippen LogP contribution is -2.29. The van der Waals surface area contributed by atoms with Crippen molar-refractivity contribution >= 4 is 45.5 Å². The van der Waals surface area contributed by atoms with Crippen molar-refractivity contribution in [3.8, 4) is 0 Å². The van der Waals surface area contributed by atoms with Crippen LogP contribution in [0.15, 0.2) is 0 Å². The van der Waals surface area contributed by atoms with Crippen LogP contribution < -0.4 is 11.5 Å². The predicted molar refractivity (Wildman–Crippen MR) is 153 cm³/mol. The molecule has 0 heterocycles. The Morgan fingerprint density at radius 1 is 0.568 bits per heavy atom. The molecule has 18 heteroatoms. The highest BCUT2D eigenvalue weighted by molar-refractivity contribution is 8.76. The van der Waals surface area contributed by atoms with Crippen molar-refractivity contribution in [2.45, 2.75) is 101 Å². The van der Waals surface area contributed by atoms with Gasteiger partial charge < -0.3 is 31.9 Å². The van der Waals surface area contributed by atoms with E-state index in [0.29, 0.717) is 36.5 Å². The molecule has 0 spiro atoms. The van der Waals surface area contributed by atoms with Crippen molar-refractivity contribution in [3.63, 3.8) is 0 Å². The fraction of sp³-hybridized carbons (Fsp3) is 0.846. The summed E-state index contributed by atoms with van der Waals surface area (Å²) in [6.45, 7) is 0. The quantitative estimate of drug-likeness (QED) is 0.0792. The van der Waals surface area contributed by atoms with Crippen molar-refractivity contribution in [3.05, 3.63) is 0 Å². The SMILES string of the molecule is NC(CSSCC(N)CC1CCC(CC(=O)O)CC1)CC1CCC(CC(=O)O)CC1.O=C(O)C(F)(F)F.O=C(O)C(F)(F)F. The first-order chi connectivity index (χ1) is 20.2. The van der Waals surface area contributed by atoms with Crippen molar-refractivity contribution in [1.29, 1.82) is 0 Å². The molecule has 0 saturated heterocycles. The highest BCUT2D eigenvalue weighted by atomic mass is 33.1. The van der Waals surface area contributed by atoms with Crippen LogP contribution in [0.25, 0.3) is 0 Å². The molecule has 10 nitrogen and oxygen atoms in total. The van der Waals surface area contributed by atoms with Crippen LogP contribution in [0.4, 0.5) is 26.3 Å². The summed E-state index contributed by atoms with van der Waals surface area (Å²) in [4.78, 5) is 39.4. The van der Waals surface area contributed by atoms with Crippen LogP contribution in [0.1, 0.15) is 77.0 Å². The van der Waals surface area contributed by atoms with E-state index in [1.807, 2.05) is 21.6 Å². The summed E-state index contributed by atoms with van der Waals surface area (Å²) in [6.07, 6.45) is 1.11. The van der Waals surface area contributed by atoms with Gasteiger partial charge in [-0.3, -0.25) is 9.59 Å². The normalized spacial score (nSPS) is 23.5. The Hall–Kier alpha value is -1.92. The second-order valence-electron chi connectivity index (χ2n) is 11.1. The van der Waals surface area contributed by atoms with Crippen LogP contribution in [-0.4, -0.2) is 80.2 Å². The van der Waals surface area contributed by atoms with Crippen LogP contribution in [-0.2, 0) is 19.2 Å². The predicted octanol–water partition coefficient (Wildman–Crippen LogP) is 5.63. The van der Waals surface area contributed by atoms with Crippen molar-refractivity contribution in [2.24, 2.45) is 35.1 Å². The Morgan fingerprint density at radius 2 is 0.795 bits per heavy atom. The molecule has 44 heavy (non-hydrogen) atoms. The summed E-state index contributed by atoms with van der Waals surface area (Å²) in [5, 5.41) is 32.1. The number of alkyl halides is 6.